The molecule has 1 aliphatic heterocycles. The Kier molecular flexibility index (Phi) is 7.64. The van der Waals surface area contributed by atoms with Crippen LogP contribution in [0.2, 0.25) is 0 Å². The number of amides is 1. The van der Waals surface area contributed by atoms with Crippen molar-refractivity contribution in [1.82, 2.24) is 4.90 Å². The van der Waals surface area contributed by atoms with E-state index in [2.05, 4.69) is 0 Å². The van der Waals surface area contributed by atoms with Crippen LogP contribution in [0.25, 0.3) is 5.76 Å². The Morgan fingerprint density at radius 1 is 1.16 bits per heavy atom. The van der Waals surface area contributed by atoms with Crippen LogP contribution in [-0.4, -0.2) is 48.6 Å². The zero-order chi connectivity index (χ0) is 23.3. The Labute approximate surface area is 187 Å². The normalized spacial score (nSPS) is 17.8. The molecular weight excluding hydrogens is 413 g/mol. The zero-order valence-corrected chi connectivity index (χ0v) is 18.6. The molecule has 0 radical (unpaired) electrons. The summed E-state index contributed by atoms with van der Waals surface area (Å²) in [6, 6.07) is 9.98. The van der Waals surface area contributed by atoms with E-state index < -0.39 is 23.5 Å². The largest absolute Gasteiger partial charge is 0.507 e. The third-order valence-corrected chi connectivity index (χ3v) is 5.40. The number of halogens is 1. The van der Waals surface area contributed by atoms with Crippen LogP contribution in [0.3, 0.4) is 0 Å². The van der Waals surface area contributed by atoms with Crippen LogP contribution in [0.5, 0.6) is 5.75 Å². The lowest BCUT2D eigenvalue weighted by Gasteiger charge is -2.25. The SMILES string of the molecule is CCCOc1ccc(/C(O)=C2\C(=O)C(=O)N(CCCOC)C2c2ccccc2F)cc1C. The quantitative estimate of drug-likeness (QED) is 0.271. The first-order valence-electron chi connectivity index (χ1n) is 10.7. The molecule has 1 fully saturated rings. The van der Waals surface area contributed by atoms with Gasteiger partial charge in [0.1, 0.15) is 17.3 Å². The van der Waals surface area contributed by atoms with Crippen molar-refractivity contribution in [2.75, 3.05) is 26.9 Å². The van der Waals surface area contributed by atoms with Crippen LogP contribution in [-0.2, 0) is 14.3 Å². The lowest BCUT2D eigenvalue weighted by Crippen LogP contribution is -2.31. The van der Waals surface area contributed by atoms with Gasteiger partial charge >= 0.3 is 0 Å². The van der Waals surface area contributed by atoms with Gasteiger partial charge in [-0.25, -0.2) is 4.39 Å². The van der Waals surface area contributed by atoms with Crippen molar-refractivity contribution in [3.8, 4) is 5.75 Å². The van der Waals surface area contributed by atoms with Crippen LogP contribution < -0.4 is 4.74 Å². The average molecular weight is 441 g/mol. The smallest absolute Gasteiger partial charge is 0.295 e. The molecule has 7 heteroatoms. The molecule has 1 heterocycles. The monoisotopic (exact) mass is 441 g/mol. The molecule has 170 valence electrons. The van der Waals surface area contributed by atoms with Gasteiger partial charge in [0, 0.05) is 31.4 Å². The number of aliphatic hydroxyl groups excluding tert-OH is 1. The Morgan fingerprint density at radius 3 is 2.56 bits per heavy atom. The zero-order valence-electron chi connectivity index (χ0n) is 18.6. The number of methoxy groups -OCH3 is 1. The number of benzene rings is 2. The molecule has 1 unspecified atom stereocenters. The molecule has 2 aromatic rings. The van der Waals surface area contributed by atoms with E-state index in [1.165, 1.54) is 23.1 Å². The van der Waals surface area contributed by atoms with Crippen LogP contribution >= 0.6 is 0 Å². The molecule has 32 heavy (non-hydrogen) atoms. The molecule has 1 atom stereocenters. The summed E-state index contributed by atoms with van der Waals surface area (Å²) in [6.07, 6.45) is 1.33. The minimum absolute atomic E-state index is 0.126. The van der Waals surface area contributed by atoms with E-state index in [4.69, 9.17) is 9.47 Å². The van der Waals surface area contributed by atoms with Gasteiger partial charge in [0.05, 0.1) is 18.2 Å². The molecule has 3 rings (SSSR count). The highest BCUT2D eigenvalue weighted by Gasteiger charge is 2.46. The second kappa shape index (κ2) is 10.4. The fourth-order valence-corrected chi connectivity index (χ4v) is 3.84. The lowest BCUT2D eigenvalue weighted by atomic mass is 9.94. The minimum atomic E-state index is -1.02. The molecular formula is C25H28FNO5. The predicted molar refractivity (Wildman–Crippen MR) is 119 cm³/mol. The Balaban J connectivity index is 2.09. The van der Waals surface area contributed by atoms with Gasteiger partial charge in [-0.3, -0.25) is 9.59 Å². The van der Waals surface area contributed by atoms with Crippen molar-refractivity contribution in [3.05, 3.63) is 70.5 Å². The van der Waals surface area contributed by atoms with E-state index in [-0.39, 0.29) is 23.4 Å². The maximum atomic E-state index is 14.7. The highest BCUT2D eigenvalue weighted by molar-refractivity contribution is 6.46. The van der Waals surface area contributed by atoms with Crippen molar-refractivity contribution in [1.29, 1.82) is 0 Å². The molecule has 2 aromatic carbocycles. The van der Waals surface area contributed by atoms with Gasteiger partial charge in [0.15, 0.2) is 0 Å². The number of aryl methyl sites for hydroxylation is 1. The second-order valence-electron chi connectivity index (χ2n) is 7.69. The number of carbonyl (C=O) groups is 2. The summed E-state index contributed by atoms with van der Waals surface area (Å²) in [6.45, 7) is 4.97. The number of likely N-dealkylation sites (tertiary alicyclic amines) is 1. The lowest BCUT2D eigenvalue weighted by molar-refractivity contribution is -0.140. The molecule has 1 amide bonds. The highest BCUT2D eigenvalue weighted by Crippen LogP contribution is 2.40. The second-order valence-corrected chi connectivity index (χ2v) is 7.69. The standard InChI is InChI=1S/C25H28FNO5/c1-4-13-32-20-11-10-17(15-16(20)2)23(28)21-22(18-8-5-6-9-19(18)26)27(12-7-14-31-3)25(30)24(21)29/h5-6,8-11,15,22,28H,4,7,12-14H2,1-3H3/b23-21+. The first-order valence-corrected chi connectivity index (χ1v) is 10.7. The molecule has 0 saturated carbocycles. The molecule has 0 bridgehead atoms. The van der Waals surface area contributed by atoms with E-state index in [0.29, 0.717) is 30.9 Å². The van der Waals surface area contributed by atoms with E-state index in [1.807, 2.05) is 13.8 Å². The Bertz CT molecular complexity index is 1030. The van der Waals surface area contributed by atoms with E-state index in [1.54, 1.807) is 31.4 Å². The first-order chi connectivity index (χ1) is 15.4. The number of rotatable bonds is 9. The van der Waals surface area contributed by atoms with Crippen molar-refractivity contribution in [3.63, 3.8) is 0 Å². The van der Waals surface area contributed by atoms with Crippen LogP contribution in [0.4, 0.5) is 4.39 Å². The topological polar surface area (TPSA) is 76.1 Å². The number of nitrogens with zero attached hydrogens (tertiary/aromatic N) is 1. The van der Waals surface area contributed by atoms with Gasteiger partial charge in [-0.05, 0) is 49.6 Å². The van der Waals surface area contributed by atoms with Gasteiger partial charge in [-0.1, -0.05) is 25.1 Å². The van der Waals surface area contributed by atoms with Gasteiger partial charge in [0.2, 0.25) is 0 Å². The Hall–Kier alpha value is -3.19. The van der Waals surface area contributed by atoms with Crippen LogP contribution in [0, 0.1) is 12.7 Å². The van der Waals surface area contributed by atoms with Gasteiger partial charge in [0.25, 0.3) is 11.7 Å². The third-order valence-electron chi connectivity index (χ3n) is 5.40. The molecule has 1 aliphatic rings. The van der Waals surface area contributed by atoms with Gasteiger partial charge in [-0.15, -0.1) is 0 Å². The Morgan fingerprint density at radius 2 is 1.91 bits per heavy atom. The number of Topliss-reactive ketones (excluding diaryl/α,β-unsaturated/α-hetero) is 1. The number of hydrogen-bond donors (Lipinski definition) is 1. The van der Waals surface area contributed by atoms with Crippen molar-refractivity contribution in [2.24, 2.45) is 0 Å². The average Bonchev–Trinajstić information content (AvgIpc) is 3.03. The number of ether oxygens (including phenoxy) is 2. The number of hydrogen-bond acceptors (Lipinski definition) is 5. The summed E-state index contributed by atoms with van der Waals surface area (Å²) in [7, 11) is 1.54. The fourth-order valence-electron chi connectivity index (χ4n) is 3.84. The van der Waals surface area contributed by atoms with E-state index in [9.17, 15) is 19.1 Å². The molecule has 0 aromatic heterocycles. The fraction of sp³-hybridized carbons (Fsp3) is 0.360. The van der Waals surface area contributed by atoms with E-state index in [0.717, 1.165) is 12.0 Å². The third kappa shape index (κ3) is 4.67. The molecule has 0 spiro atoms. The van der Waals surface area contributed by atoms with Crippen LogP contribution in [0.15, 0.2) is 48.0 Å². The number of ketones is 1. The van der Waals surface area contributed by atoms with E-state index >= 15 is 0 Å². The summed E-state index contributed by atoms with van der Waals surface area (Å²) in [5, 5.41) is 11.1. The van der Waals surface area contributed by atoms with Crippen molar-refractivity contribution in [2.45, 2.75) is 32.7 Å². The first kappa shape index (κ1) is 23.5. The summed E-state index contributed by atoms with van der Waals surface area (Å²) >= 11 is 0. The molecule has 1 saturated heterocycles. The maximum absolute atomic E-state index is 14.7. The highest BCUT2D eigenvalue weighted by atomic mass is 19.1. The maximum Gasteiger partial charge on any atom is 0.295 e. The summed E-state index contributed by atoms with van der Waals surface area (Å²) in [4.78, 5) is 27.1. The van der Waals surface area contributed by atoms with Gasteiger partial charge < -0.3 is 19.5 Å². The predicted octanol–water partition coefficient (Wildman–Crippen LogP) is 4.38. The summed E-state index contributed by atoms with van der Waals surface area (Å²) in [5.74, 6) is -1.82. The minimum Gasteiger partial charge on any atom is -0.507 e. The molecule has 6 nitrogen and oxygen atoms in total. The molecule has 0 aliphatic carbocycles. The number of aliphatic hydroxyl groups is 1. The summed E-state index contributed by atoms with van der Waals surface area (Å²) in [5.41, 5.74) is 1.17. The summed E-state index contributed by atoms with van der Waals surface area (Å²) < 4.78 is 25.5. The van der Waals surface area contributed by atoms with Crippen molar-refractivity contribution < 1.29 is 28.6 Å². The van der Waals surface area contributed by atoms with Crippen molar-refractivity contribution >= 4 is 17.4 Å². The molecule has 1 N–H and O–H groups in total. The van der Waals surface area contributed by atoms with Gasteiger partial charge in [-0.2, -0.15) is 0 Å². The number of carbonyl (C=O) groups excluding carboxylic acids is 2. The van der Waals surface area contributed by atoms with Crippen LogP contribution in [0.1, 0.15) is 42.5 Å².